The van der Waals surface area contributed by atoms with E-state index in [1.165, 1.54) is 9.94 Å². The zero-order valence-electron chi connectivity index (χ0n) is 21.7. The standard InChI is InChI=1S/C28H32N8O2S/c37-36-7-2-1-4-20(36)18-33-8-10-34(11-9-33)19-21-16-25-26(39-21)28(35-12-14-38-15-13-35)31-27(30-25)22-5-3-6-24-23(22)17-29-32-24/h1-7,16-17,20,37H,8-15,18-19H2,(H,29,32). The summed E-state index contributed by atoms with van der Waals surface area (Å²) in [6.07, 6.45) is 9.49. The van der Waals surface area contributed by atoms with Crippen LogP contribution in [0.2, 0.25) is 0 Å². The average Bonchev–Trinajstić information content (AvgIpc) is 3.62. The minimum atomic E-state index is 0.0171. The molecule has 11 heteroatoms. The second kappa shape index (κ2) is 10.7. The quantitative estimate of drug-likeness (QED) is 0.379. The predicted molar refractivity (Wildman–Crippen MR) is 153 cm³/mol. The number of anilines is 1. The minimum absolute atomic E-state index is 0.0171. The van der Waals surface area contributed by atoms with Crippen LogP contribution in [0.5, 0.6) is 0 Å². The summed E-state index contributed by atoms with van der Waals surface area (Å²) in [4.78, 5) is 18.8. The maximum Gasteiger partial charge on any atom is 0.162 e. The first-order valence-electron chi connectivity index (χ1n) is 13.5. The molecule has 0 bridgehead atoms. The molecule has 0 amide bonds. The summed E-state index contributed by atoms with van der Waals surface area (Å²) in [6.45, 7) is 8.80. The number of benzene rings is 1. The van der Waals surface area contributed by atoms with E-state index >= 15 is 0 Å². The topological polar surface area (TPSA) is 96.9 Å². The Morgan fingerprint density at radius 1 is 1.03 bits per heavy atom. The summed E-state index contributed by atoms with van der Waals surface area (Å²) in [5.74, 6) is 1.74. The van der Waals surface area contributed by atoms with Gasteiger partial charge in [0.05, 0.1) is 41.2 Å². The van der Waals surface area contributed by atoms with Crippen molar-refractivity contribution in [3.05, 3.63) is 59.8 Å². The van der Waals surface area contributed by atoms with E-state index in [9.17, 15) is 5.21 Å². The van der Waals surface area contributed by atoms with Crippen molar-refractivity contribution in [1.29, 1.82) is 0 Å². The van der Waals surface area contributed by atoms with E-state index < -0.39 is 0 Å². The molecule has 4 aromatic rings. The molecule has 1 unspecified atom stereocenters. The number of fused-ring (bicyclic) bond motifs is 2. The predicted octanol–water partition coefficient (Wildman–Crippen LogP) is 3.33. The van der Waals surface area contributed by atoms with E-state index in [-0.39, 0.29) is 6.04 Å². The lowest BCUT2D eigenvalue weighted by Gasteiger charge is -2.37. The van der Waals surface area contributed by atoms with Gasteiger partial charge in [0.2, 0.25) is 0 Å². The third-order valence-electron chi connectivity index (χ3n) is 7.75. The van der Waals surface area contributed by atoms with Crippen LogP contribution >= 0.6 is 11.3 Å². The number of thiophene rings is 1. The van der Waals surface area contributed by atoms with Gasteiger partial charge in [-0.3, -0.25) is 25.2 Å². The van der Waals surface area contributed by atoms with Crippen molar-refractivity contribution in [3.8, 4) is 11.4 Å². The summed E-state index contributed by atoms with van der Waals surface area (Å²) in [5, 5.41) is 19.7. The van der Waals surface area contributed by atoms with Crippen LogP contribution in [0, 0.1) is 0 Å². The summed E-state index contributed by atoms with van der Waals surface area (Å²) in [6, 6.07) is 8.39. The fraction of sp³-hybridized carbons (Fsp3) is 0.393. The fourth-order valence-corrected chi connectivity index (χ4v) is 6.76. The number of hydrogen-bond donors (Lipinski definition) is 2. The highest BCUT2D eigenvalue weighted by Crippen LogP contribution is 2.36. The Balaban J connectivity index is 1.13. The molecule has 1 aromatic carbocycles. The zero-order chi connectivity index (χ0) is 26.2. The molecule has 2 saturated heterocycles. The van der Waals surface area contributed by atoms with Gasteiger partial charge in [0.1, 0.15) is 0 Å². The van der Waals surface area contributed by atoms with Crippen molar-refractivity contribution in [2.75, 3.05) is 63.9 Å². The lowest BCUT2D eigenvalue weighted by Crippen LogP contribution is -2.49. The average molecular weight is 545 g/mol. The molecule has 0 aliphatic carbocycles. The van der Waals surface area contributed by atoms with Crippen molar-refractivity contribution in [2.45, 2.75) is 12.6 Å². The van der Waals surface area contributed by atoms with Crippen molar-refractivity contribution in [1.82, 2.24) is 35.0 Å². The second-order valence-corrected chi connectivity index (χ2v) is 11.4. The smallest absolute Gasteiger partial charge is 0.162 e. The van der Waals surface area contributed by atoms with Crippen molar-refractivity contribution in [3.63, 3.8) is 0 Å². The molecule has 2 N–H and O–H groups in total. The monoisotopic (exact) mass is 544 g/mol. The molecule has 0 radical (unpaired) electrons. The largest absolute Gasteiger partial charge is 0.378 e. The van der Waals surface area contributed by atoms with E-state index in [0.29, 0.717) is 13.2 Å². The normalized spacial score (nSPS) is 21.0. The highest BCUT2D eigenvalue weighted by Gasteiger charge is 2.24. The minimum Gasteiger partial charge on any atom is -0.378 e. The molecule has 3 aromatic heterocycles. The second-order valence-electron chi connectivity index (χ2n) is 10.3. The zero-order valence-corrected chi connectivity index (χ0v) is 22.6. The van der Waals surface area contributed by atoms with Gasteiger partial charge in [-0.05, 0) is 18.2 Å². The number of hydroxylamine groups is 2. The lowest BCUT2D eigenvalue weighted by atomic mass is 10.1. The van der Waals surface area contributed by atoms with E-state index in [0.717, 1.165) is 90.7 Å². The molecular formula is C28H32N8O2S. The molecule has 0 saturated carbocycles. The number of nitrogens with zero attached hydrogens (tertiary/aromatic N) is 7. The Morgan fingerprint density at radius 3 is 2.72 bits per heavy atom. The third kappa shape index (κ3) is 5.04. The number of rotatable bonds is 6. The molecule has 202 valence electrons. The number of piperazine rings is 1. The molecular weight excluding hydrogens is 512 g/mol. The number of ether oxygens (including phenoxy) is 1. The fourth-order valence-electron chi connectivity index (χ4n) is 5.60. The van der Waals surface area contributed by atoms with Gasteiger partial charge in [-0.2, -0.15) is 5.10 Å². The number of nitrogens with one attached hydrogen (secondary N) is 1. The molecule has 3 aliphatic heterocycles. The van der Waals surface area contributed by atoms with Crippen LogP contribution in [-0.4, -0.2) is 105 Å². The summed E-state index contributed by atoms with van der Waals surface area (Å²) < 4.78 is 6.78. The number of hydrogen-bond acceptors (Lipinski definition) is 10. The number of aromatic nitrogens is 4. The van der Waals surface area contributed by atoms with Gasteiger partial charge < -0.3 is 9.64 Å². The Hall–Kier alpha value is -3.35. The first-order valence-corrected chi connectivity index (χ1v) is 14.4. The third-order valence-corrected chi connectivity index (χ3v) is 8.86. The van der Waals surface area contributed by atoms with Crippen molar-refractivity contribution in [2.24, 2.45) is 0 Å². The number of morpholine rings is 1. The van der Waals surface area contributed by atoms with Crippen LogP contribution in [0.25, 0.3) is 32.5 Å². The SMILES string of the molecule is ON1C=CC=CC1CN1CCN(Cc2cc3nc(-c4cccc5[nH]ncc45)nc(N4CCOCC4)c3s2)CC1. The number of H-pyrrole nitrogens is 1. The number of aromatic amines is 1. The van der Waals surface area contributed by atoms with Gasteiger partial charge in [-0.1, -0.05) is 24.3 Å². The van der Waals surface area contributed by atoms with Crippen molar-refractivity contribution >= 4 is 38.3 Å². The van der Waals surface area contributed by atoms with Gasteiger partial charge in [0.25, 0.3) is 0 Å². The molecule has 7 rings (SSSR count). The number of allylic oxidation sites excluding steroid dienone is 2. The maximum absolute atomic E-state index is 10.1. The molecule has 1 atom stereocenters. The molecule has 39 heavy (non-hydrogen) atoms. The van der Waals surface area contributed by atoms with Gasteiger partial charge in [-0.25, -0.2) is 9.97 Å². The van der Waals surface area contributed by atoms with Crippen LogP contribution in [0.15, 0.2) is 54.9 Å². The first kappa shape index (κ1) is 24.7. The lowest BCUT2D eigenvalue weighted by molar-refractivity contribution is -0.0752. The summed E-state index contributed by atoms with van der Waals surface area (Å²) in [5.41, 5.74) is 2.98. The molecule has 10 nitrogen and oxygen atoms in total. The van der Waals surface area contributed by atoms with Gasteiger partial charge in [-0.15, -0.1) is 11.3 Å². The summed E-state index contributed by atoms with van der Waals surface area (Å²) >= 11 is 1.81. The van der Waals surface area contributed by atoms with Crippen LogP contribution < -0.4 is 4.90 Å². The van der Waals surface area contributed by atoms with Gasteiger partial charge in [0.15, 0.2) is 11.6 Å². The Morgan fingerprint density at radius 2 is 1.87 bits per heavy atom. The van der Waals surface area contributed by atoms with E-state index in [4.69, 9.17) is 14.7 Å². The van der Waals surface area contributed by atoms with Crippen molar-refractivity contribution < 1.29 is 9.94 Å². The van der Waals surface area contributed by atoms with Crippen LogP contribution in [-0.2, 0) is 11.3 Å². The first-order chi connectivity index (χ1) is 19.2. The van der Waals surface area contributed by atoms with Gasteiger partial charge in [0, 0.05) is 74.4 Å². The van der Waals surface area contributed by atoms with Crippen LogP contribution in [0.4, 0.5) is 5.82 Å². The molecule has 2 fully saturated rings. The Kier molecular flexibility index (Phi) is 6.75. The Bertz CT molecular complexity index is 1520. The maximum atomic E-state index is 10.1. The van der Waals surface area contributed by atoms with E-state index in [1.807, 2.05) is 41.8 Å². The Labute approximate surface area is 230 Å². The molecule has 0 spiro atoms. The van der Waals surface area contributed by atoms with E-state index in [2.05, 4.69) is 43.1 Å². The summed E-state index contributed by atoms with van der Waals surface area (Å²) in [7, 11) is 0. The van der Waals surface area contributed by atoms with E-state index in [1.54, 1.807) is 6.20 Å². The van der Waals surface area contributed by atoms with Crippen LogP contribution in [0.3, 0.4) is 0 Å². The van der Waals surface area contributed by atoms with Crippen LogP contribution in [0.1, 0.15) is 4.88 Å². The highest BCUT2D eigenvalue weighted by molar-refractivity contribution is 7.19. The van der Waals surface area contributed by atoms with Gasteiger partial charge >= 0.3 is 0 Å². The highest BCUT2D eigenvalue weighted by atomic mass is 32.1. The molecule has 3 aliphatic rings. The molecule has 6 heterocycles.